The number of aliphatic hydroxyl groups is 3. The van der Waals surface area contributed by atoms with Gasteiger partial charge in [0.2, 0.25) is 0 Å². The molecule has 0 bridgehead atoms. The topological polar surface area (TPSA) is 280 Å². The number of hydrogen-bond donors (Lipinski definition) is 7. The van der Waals surface area contributed by atoms with Crippen molar-refractivity contribution in [3.63, 3.8) is 0 Å². The molecule has 0 aliphatic carbocycles. The number of anilines is 1. The van der Waals surface area contributed by atoms with E-state index in [0.29, 0.717) is 6.20 Å². The lowest BCUT2D eigenvalue weighted by Crippen LogP contribution is -2.35. The van der Waals surface area contributed by atoms with Crippen molar-refractivity contribution >= 4 is 29.3 Å². The standard InChI is InChI=1S/C9H16N3O15P3/c10-5-1-2-12(9(16)11-5)25-30(22,27-29(20,21)26-28(17,18)19)24-8-7(15)6(14)4(3-13)23-8/h1-2,4,6-8,13-15H,3H2,(H,20,21)(H2,10,11,16)(H2,17,18,19)/t4-,6-,7+,8?,30?/m0/s1. The van der Waals surface area contributed by atoms with Gasteiger partial charge >= 0.3 is 29.2 Å². The van der Waals surface area contributed by atoms with Crippen molar-refractivity contribution in [3.05, 3.63) is 22.7 Å². The Balaban J connectivity index is 2.36. The molecule has 30 heavy (non-hydrogen) atoms. The Labute approximate surface area is 165 Å². The lowest BCUT2D eigenvalue weighted by molar-refractivity contribution is -0.128. The second kappa shape index (κ2) is 9.10. The molecule has 3 unspecified atom stereocenters. The summed E-state index contributed by atoms with van der Waals surface area (Å²) in [6.45, 7) is -0.842. The van der Waals surface area contributed by atoms with Crippen LogP contribution < -0.4 is 16.0 Å². The number of aliphatic hydroxyl groups excluding tert-OH is 3. The minimum absolute atomic E-state index is 0.0376. The number of nitrogens with two attached hydrogens (primary N) is 1. The third-order valence-corrected chi connectivity index (χ3v) is 7.27. The Morgan fingerprint density at radius 3 is 2.30 bits per heavy atom. The average Bonchev–Trinajstić information content (AvgIpc) is 2.82. The highest BCUT2D eigenvalue weighted by atomic mass is 31.3. The van der Waals surface area contributed by atoms with Crippen LogP contribution in [0.25, 0.3) is 0 Å². The molecule has 1 aliphatic heterocycles. The number of aromatic nitrogens is 2. The summed E-state index contributed by atoms with van der Waals surface area (Å²) in [5.41, 5.74) is 3.91. The molecule has 1 saturated heterocycles. The summed E-state index contributed by atoms with van der Waals surface area (Å²) in [4.78, 5) is 41.6. The van der Waals surface area contributed by atoms with Crippen LogP contribution in [0.15, 0.2) is 17.1 Å². The Bertz CT molecular complexity index is 962. The highest BCUT2D eigenvalue weighted by Crippen LogP contribution is 2.67. The summed E-state index contributed by atoms with van der Waals surface area (Å²) in [6, 6.07) is 0.947. The lowest BCUT2D eigenvalue weighted by Gasteiger charge is -2.23. The van der Waals surface area contributed by atoms with Gasteiger partial charge < -0.3 is 45.1 Å². The molecule has 1 aromatic rings. The molecule has 8 N–H and O–H groups in total. The summed E-state index contributed by atoms with van der Waals surface area (Å²) in [5.74, 6) is -0.308. The van der Waals surface area contributed by atoms with Crippen LogP contribution in [0.2, 0.25) is 0 Å². The summed E-state index contributed by atoms with van der Waals surface area (Å²) < 4.78 is 57.0. The summed E-state index contributed by atoms with van der Waals surface area (Å²) in [5, 5.41) is 28.6. The Morgan fingerprint density at radius 2 is 1.80 bits per heavy atom. The van der Waals surface area contributed by atoms with Gasteiger partial charge in [0.1, 0.15) is 24.1 Å². The molecule has 1 aromatic heterocycles. The minimum atomic E-state index is -5.90. The van der Waals surface area contributed by atoms with E-state index in [-0.39, 0.29) is 10.5 Å². The van der Waals surface area contributed by atoms with Crippen molar-refractivity contribution < 1.29 is 66.2 Å². The van der Waals surface area contributed by atoms with Gasteiger partial charge in [0, 0.05) is 6.07 Å². The van der Waals surface area contributed by atoms with Crippen molar-refractivity contribution in [1.29, 1.82) is 0 Å². The van der Waals surface area contributed by atoms with Crippen LogP contribution in [-0.2, 0) is 31.6 Å². The third kappa shape index (κ3) is 6.63. The van der Waals surface area contributed by atoms with Gasteiger partial charge in [-0.1, -0.05) is 0 Å². The molecule has 1 aliphatic rings. The summed E-state index contributed by atoms with van der Waals surface area (Å²) in [6.07, 6.45) is -6.65. The smallest absolute Gasteiger partial charge is 0.394 e. The van der Waals surface area contributed by atoms with E-state index in [4.69, 9.17) is 25.4 Å². The molecule has 172 valence electrons. The second-order valence-corrected chi connectivity index (χ2v) is 9.92. The van der Waals surface area contributed by atoms with E-state index in [9.17, 15) is 33.6 Å². The fraction of sp³-hybridized carbons (Fsp3) is 0.556. The predicted molar refractivity (Wildman–Crippen MR) is 90.0 cm³/mol. The predicted octanol–water partition coefficient (Wildman–Crippen LogP) is -2.96. The van der Waals surface area contributed by atoms with Crippen molar-refractivity contribution in [3.8, 4) is 0 Å². The van der Waals surface area contributed by atoms with Crippen molar-refractivity contribution in [2.45, 2.75) is 24.6 Å². The maximum Gasteiger partial charge on any atom is 0.560 e. The number of nitrogens with zero attached hydrogens (tertiary/aromatic N) is 2. The highest BCUT2D eigenvalue weighted by Gasteiger charge is 2.51. The van der Waals surface area contributed by atoms with Gasteiger partial charge in [0.05, 0.1) is 12.8 Å². The van der Waals surface area contributed by atoms with Gasteiger partial charge in [-0.05, 0) is 0 Å². The Morgan fingerprint density at radius 1 is 1.17 bits per heavy atom. The quantitative estimate of drug-likeness (QED) is 0.167. The van der Waals surface area contributed by atoms with Gasteiger partial charge in [-0.25, -0.2) is 23.0 Å². The van der Waals surface area contributed by atoms with Crippen LogP contribution in [-0.4, -0.2) is 70.9 Å². The zero-order valence-electron chi connectivity index (χ0n) is 14.3. The van der Waals surface area contributed by atoms with E-state index in [1.807, 2.05) is 0 Å². The van der Waals surface area contributed by atoms with Gasteiger partial charge in [0.25, 0.3) is 0 Å². The number of nitrogen functional groups attached to an aromatic ring is 1. The van der Waals surface area contributed by atoms with E-state index in [0.717, 1.165) is 6.07 Å². The number of hydrogen-bond acceptors (Lipinski definition) is 14. The lowest BCUT2D eigenvalue weighted by atomic mass is 10.1. The first kappa shape index (κ1) is 25.0. The first-order chi connectivity index (χ1) is 13.6. The van der Waals surface area contributed by atoms with Crippen LogP contribution >= 0.6 is 23.5 Å². The van der Waals surface area contributed by atoms with E-state index < -0.39 is 60.4 Å². The van der Waals surface area contributed by atoms with Crippen LogP contribution in [0.1, 0.15) is 0 Å². The summed E-state index contributed by atoms with van der Waals surface area (Å²) in [7, 11) is -17.2. The number of ether oxygens (including phenoxy) is 1. The maximum absolute atomic E-state index is 12.8. The molecule has 0 amide bonds. The third-order valence-electron chi connectivity index (χ3n) is 3.13. The molecule has 18 nitrogen and oxygen atoms in total. The monoisotopic (exact) mass is 499 g/mol. The number of phosphoric acid groups is 3. The molecule has 0 aromatic carbocycles. The van der Waals surface area contributed by atoms with Crippen LogP contribution in [0.3, 0.4) is 0 Å². The normalized spacial score (nSPS) is 28.6. The fourth-order valence-corrected chi connectivity index (χ4v) is 5.54. The molecule has 1 fully saturated rings. The highest BCUT2D eigenvalue weighted by molar-refractivity contribution is 7.66. The minimum Gasteiger partial charge on any atom is -0.394 e. The first-order valence-corrected chi connectivity index (χ1v) is 11.9. The molecule has 2 rings (SSSR count). The van der Waals surface area contributed by atoms with Gasteiger partial charge in [-0.3, -0.25) is 0 Å². The molecular formula is C9H16N3O15P3. The Kier molecular flexibility index (Phi) is 7.59. The molecule has 21 heteroatoms. The van der Waals surface area contributed by atoms with E-state index >= 15 is 0 Å². The molecule has 0 saturated carbocycles. The molecular weight excluding hydrogens is 483 g/mol. The SMILES string of the molecule is Nc1ccn(OP(=O)(OC2O[C@@H](CO)[C@H](O)[C@H]2O)OP(=O)(O)OP(=O)(O)O)c(=O)n1. The Hall–Kier alpha value is -1.23. The largest absolute Gasteiger partial charge is 0.560 e. The van der Waals surface area contributed by atoms with E-state index in [2.05, 4.69) is 22.8 Å². The first-order valence-electron chi connectivity index (χ1n) is 7.42. The zero-order chi connectivity index (χ0) is 22.9. The van der Waals surface area contributed by atoms with Crippen molar-refractivity contribution in [1.82, 2.24) is 9.71 Å². The summed E-state index contributed by atoms with van der Waals surface area (Å²) >= 11 is 0. The van der Waals surface area contributed by atoms with Crippen molar-refractivity contribution in [2.75, 3.05) is 12.3 Å². The van der Waals surface area contributed by atoms with Crippen LogP contribution in [0.4, 0.5) is 5.82 Å². The zero-order valence-corrected chi connectivity index (χ0v) is 17.0. The molecule has 6 atom stereocenters. The van der Waals surface area contributed by atoms with Gasteiger partial charge in [0.15, 0.2) is 6.29 Å². The number of rotatable bonds is 9. The van der Waals surface area contributed by atoms with Gasteiger partial charge in [-0.15, -0.1) is 4.73 Å². The fourth-order valence-electron chi connectivity index (χ4n) is 1.98. The molecule has 2 heterocycles. The van der Waals surface area contributed by atoms with E-state index in [1.165, 1.54) is 0 Å². The van der Waals surface area contributed by atoms with E-state index in [1.54, 1.807) is 0 Å². The van der Waals surface area contributed by atoms with Crippen LogP contribution in [0.5, 0.6) is 0 Å². The average molecular weight is 499 g/mol. The van der Waals surface area contributed by atoms with Crippen LogP contribution in [0, 0.1) is 0 Å². The second-order valence-electron chi connectivity index (χ2n) is 5.42. The molecule has 0 spiro atoms. The van der Waals surface area contributed by atoms with Crippen molar-refractivity contribution in [2.24, 2.45) is 0 Å². The maximum atomic E-state index is 12.8. The molecule has 0 radical (unpaired) electrons. The van der Waals surface area contributed by atoms with Gasteiger partial charge in [-0.2, -0.15) is 13.6 Å².